The monoisotopic (exact) mass is 285 g/mol. The Labute approximate surface area is 129 Å². The van der Waals surface area contributed by atoms with Crippen molar-refractivity contribution >= 4 is 23.8 Å². The molecule has 0 aliphatic heterocycles. The summed E-state index contributed by atoms with van der Waals surface area (Å²) >= 11 is 0. The quantitative estimate of drug-likeness (QED) is 0.646. The summed E-state index contributed by atoms with van der Waals surface area (Å²) in [7, 11) is 0. The normalized spacial score (nSPS) is 11.3. The van der Waals surface area contributed by atoms with E-state index < -0.39 is 0 Å². The van der Waals surface area contributed by atoms with Crippen molar-refractivity contribution < 1.29 is 0 Å². The first-order chi connectivity index (χ1) is 10.9. The number of rotatable bonds is 4. The Morgan fingerprint density at radius 3 is 1.55 bits per heavy atom. The van der Waals surface area contributed by atoms with E-state index in [9.17, 15) is 0 Å². The number of benzene rings is 2. The van der Waals surface area contributed by atoms with Gasteiger partial charge < -0.3 is 0 Å². The van der Waals surface area contributed by atoms with E-state index in [-0.39, 0.29) is 0 Å². The van der Waals surface area contributed by atoms with Crippen molar-refractivity contribution in [2.75, 3.05) is 0 Å². The Bertz CT molecular complexity index is 713. The maximum Gasteiger partial charge on any atom is 0.0629 e. The van der Waals surface area contributed by atoms with E-state index in [1.54, 1.807) is 12.4 Å². The minimum atomic E-state index is 0.922. The van der Waals surface area contributed by atoms with Crippen LogP contribution >= 0.6 is 0 Å². The third-order valence-electron chi connectivity index (χ3n) is 3.02. The van der Waals surface area contributed by atoms with Crippen LogP contribution in [0.25, 0.3) is 0 Å². The number of aromatic nitrogens is 1. The summed E-state index contributed by atoms with van der Waals surface area (Å²) in [6.07, 6.45) is 7.18. The maximum absolute atomic E-state index is 4.43. The predicted molar refractivity (Wildman–Crippen MR) is 91.6 cm³/mol. The molecule has 2 aromatic carbocycles. The van der Waals surface area contributed by atoms with Gasteiger partial charge in [0.25, 0.3) is 0 Å². The number of hydrogen-bond acceptors (Lipinski definition) is 3. The lowest BCUT2D eigenvalue weighted by molar-refractivity contribution is 1.31. The van der Waals surface area contributed by atoms with Crippen molar-refractivity contribution in [3.63, 3.8) is 0 Å². The molecule has 1 heterocycles. The molecule has 0 unspecified atom stereocenters. The second-order valence-electron chi connectivity index (χ2n) is 4.74. The first kappa shape index (κ1) is 13.9. The molecule has 3 heteroatoms. The second-order valence-corrected chi connectivity index (χ2v) is 4.74. The molecule has 0 bridgehead atoms. The van der Waals surface area contributed by atoms with Gasteiger partial charge in [0.05, 0.1) is 11.4 Å². The van der Waals surface area contributed by atoms with E-state index in [4.69, 9.17) is 0 Å². The molecule has 0 atom stereocenters. The van der Waals surface area contributed by atoms with Crippen LogP contribution in [0.3, 0.4) is 0 Å². The first-order valence-corrected chi connectivity index (χ1v) is 7.03. The fourth-order valence-electron chi connectivity index (χ4n) is 1.94. The summed E-state index contributed by atoms with van der Waals surface area (Å²) in [6, 6.07) is 21.7. The van der Waals surface area contributed by atoms with Crippen LogP contribution in [0.4, 0.5) is 11.4 Å². The fraction of sp³-hybridized carbons (Fsp3) is 0. The molecule has 0 spiro atoms. The van der Waals surface area contributed by atoms with Crippen LogP contribution in [0, 0.1) is 0 Å². The SMILES string of the molecule is C(=Nc1ccccc1)c1cncc(C=Nc2ccccc2)c1. The number of aliphatic imine (C=N–C) groups is 2. The predicted octanol–water partition coefficient (Wildman–Crippen LogP) is 4.58. The second kappa shape index (κ2) is 7.09. The molecule has 1 aromatic heterocycles. The maximum atomic E-state index is 4.43. The first-order valence-electron chi connectivity index (χ1n) is 7.03. The average Bonchev–Trinajstić information content (AvgIpc) is 2.60. The van der Waals surface area contributed by atoms with E-state index in [1.807, 2.05) is 79.2 Å². The van der Waals surface area contributed by atoms with Gasteiger partial charge in [0.15, 0.2) is 0 Å². The minimum absolute atomic E-state index is 0.922. The minimum Gasteiger partial charge on any atom is -0.263 e. The van der Waals surface area contributed by atoms with Gasteiger partial charge >= 0.3 is 0 Å². The van der Waals surface area contributed by atoms with Gasteiger partial charge in [0.1, 0.15) is 0 Å². The summed E-state index contributed by atoms with van der Waals surface area (Å²) < 4.78 is 0. The molecule has 0 fully saturated rings. The number of pyridine rings is 1. The highest BCUT2D eigenvalue weighted by Crippen LogP contribution is 2.11. The smallest absolute Gasteiger partial charge is 0.0629 e. The Kier molecular flexibility index (Phi) is 4.47. The molecule has 3 nitrogen and oxygen atoms in total. The molecule has 0 N–H and O–H groups in total. The van der Waals surface area contributed by atoms with Gasteiger partial charge in [-0.05, 0) is 30.3 Å². The van der Waals surface area contributed by atoms with Crippen LogP contribution in [0.2, 0.25) is 0 Å². The molecule has 0 aliphatic rings. The molecule has 3 aromatic rings. The summed E-state index contributed by atoms with van der Waals surface area (Å²) in [4.78, 5) is 13.1. The standard InChI is InChI=1S/C19H15N3/c1-3-7-18(8-4-1)21-14-16-11-17(13-20-12-16)15-22-19-9-5-2-6-10-19/h1-15H. The fourth-order valence-corrected chi connectivity index (χ4v) is 1.94. The third-order valence-corrected chi connectivity index (χ3v) is 3.02. The van der Waals surface area contributed by atoms with Crippen LogP contribution in [0.5, 0.6) is 0 Å². The lowest BCUT2D eigenvalue weighted by Crippen LogP contribution is -1.88. The Hall–Kier alpha value is -3.07. The van der Waals surface area contributed by atoms with Crippen molar-refractivity contribution in [2.45, 2.75) is 0 Å². The molecule has 0 aliphatic carbocycles. The molecular weight excluding hydrogens is 270 g/mol. The Morgan fingerprint density at radius 1 is 0.636 bits per heavy atom. The van der Waals surface area contributed by atoms with Crippen LogP contribution in [0.15, 0.2) is 89.1 Å². The molecule has 0 radical (unpaired) electrons. The molecule has 22 heavy (non-hydrogen) atoms. The van der Waals surface area contributed by atoms with Crippen LogP contribution in [-0.2, 0) is 0 Å². The zero-order valence-corrected chi connectivity index (χ0v) is 12.0. The number of hydrogen-bond donors (Lipinski definition) is 0. The Balaban J connectivity index is 1.75. The number of para-hydroxylation sites is 2. The molecule has 3 rings (SSSR count). The van der Waals surface area contributed by atoms with Gasteiger partial charge in [-0.2, -0.15) is 0 Å². The van der Waals surface area contributed by atoms with Crippen molar-refractivity contribution in [2.24, 2.45) is 9.98 Å². The van der Waals surface area contributed by atoms with Gasteiger partial charge in [0.2, 0.25) is 0 Å². The van der Waals surface area contributed by atoms with Gasteiger partial charge in [-0.25, -0.2) is 0 Å². The highest BCUT2D eigenvalue weighted by molar-refractivity contribution is 5.87. The summed E-state index contributed by atoms with van der Waals surface area (Å²) in [5.41, 5.74) is 3.73. The lowest BCUT2D eigenvalue weighted by Gasteiger charge is -1.97. The molecule has 106 valence electrons. The molecular formula is C19H15N3. The molecule has 0 amide bonds. The van der Waals surface area contributed by atoms with Gasteiger partial charge in [-0.1, -0.05) is 36.4 Å². The zero-order valence-electron chi connectivity index (χ0n) is 12.0. The van der Waals surface area contributed by atoms with E-state index >= 15 is 0 Å². The highest BCUT2D eigenvalue weighted by atomic mass is 14.7. The zero-order chi connectivity index (χ0) is 15.0. The summed E-state index contributed by atoms with van der Waals surface area (Å²) in [6.45, 7) is 0. The van der Waals surface area contributed by atoms with Crippen molar-refractivity contribution in [1.82, 2.24) is 4.98 Å². The van der Waals surface area contributed by atoms with Gasteiger partial charge in [0, 0.05) is 35.9 Å². The van der Waals surface area contributed by atoms with Gasteiger partial charge in [-0.3, -0.25) is 15.0 Å². The largest absolute Gasteiger partial charge is 0.263 e. The van der Waals surface area contributed by atoms with E-state index in [0.717, 1.165) is 22.5 Å². The average molecular weight is 285 g/mol. The summed E-state index contributed by atoms with van der Waals surface area (Å²) in [5, 5.41) is 0. The molecule has 0 saturated carbocycles. The van der Waals surface area contributed by atoms with Crippen molar-refractivity contribution in [3.8, 4) is 0 Å². The summed E-state index contributed by atoms with van der Waals surface area (Å²) in [5.74, 6) is 0. The highest BCUT2D eigenvalue weighted by Gasteiger charge is 1.93. The van der Waals surface area contributed by atoms with Crippen molar-refractivity contribution in [1.29, 1.82) is 0 Å². The molecule has 0 saturated heterocycles. The van der Waals surface area contributed by atoms with E-state index in [2.05, 4.69) is 15.0 Å². The van der Waals surface area contributed by atoms with Crippen LogP contribution < -0.4 is 0 Å². The topological polar surface area (TPSA) is 37.6 Å². The Morgan fingerprint density at radius 2 is 1.09 bits per heavy atom. The van der Waals surface area contributed by atoms with Crippen molar-refractivity contribution in [3.05, 3.63) is 90.3 Å². The number of nitrogens with zero attached hydrogens (tertiary/aromatic N) is 3. The van der Waals surface area contributed by atoms with E-state index in [1.165, 1.54) is 0 Å². The van der Waals surface area contributed by atoms with Crippen LogP contribution in [-0.4, -0.2) is 17.4 Å². The third kappa shape index (κ3) is 3.96. The van der Waals surface area contributed by atoms with Crippen LogP contribution in [0.1, 0.15) is 11.1 Å². The lowest BCUT2D eigenvalue weighted by atomic mass is 10.2. The van der Waals surface area contributed by atoms with E-state index in [0.29, 0.717) is 0 Å². The van der Waals surface area contributed by atoms with Gasteiger partial charge in [-0.15, -0.1) is 0 Å².